The molecule has 2 aliphatic rings. The van der Waals surface area contributed by atoms with E-state index in [1.807, 2.05) is 27.7 Å². The van der Waals surface area contributed by atoms with Gasteiger partial charge in [-0.2, -0.15) is 0 Å². The van der Waals surface area contributed by atoms with E-state index in [0.29, 0.717) is 27.4 Å². The monoisotopic (exact) mass is 660 g/mol. The Labute approximate surface area is 274 Å². The second-order valence-electron chi connectivity index (χ2n) is 12.4. The van der Waals surface area contributed by atoms with Crippen molar-refractivity contribution in [3.63, 3.8) is 0 Å². The van der Waals surface area contributed by atoms with Crippen molar-refractivity contribution in [2.24, 2.45) is 0 Å². The number of amides is 3. The van der Waals surface area contributed by atoms with Crippen LogP contribution in [0.15, 0.2) is 59.7 Å². The van der Waals surface area contributed by atoms with Gasteiger partial charge in [-0.25, -0.2) is 13.8 Å². The third-order valence-electron chi connectivity index (χ3n) is 8.63. The van der Waals surface area contributed by atoms with Crippen molar-refractivity contribution in [2.75, 3.05) is 19.7 Å². The molecule has 0 radical (unpaired) electrons. The molecule has 47 heavy (non-hydrogen) atoms. The molecule has 2 aromatic heterocycles. The molecule has 244 valence electrons. The number of halogens is 2. The SMILES string of the molecule is CCCCOc1c2n(cc(-c3ncc(Cc4ccc(F)cc4F)s3)c1=O)C(C)(CN1C(=O)c3ccccc3C1=O)CN(C(C)C)C2=O. The van der Waals surface area contributed by atoms with Gasteiger partial charge >= 0.3 is 0 Å². The average Bonchev–Trinajstić information content (AvgIpc) is 3.59. The molecule has 0 fully saturated rings. The molecule has 0 bridgehead atoms. The Hall–Kier alpha value is -4.71. The summed E-state index contributed by atoms with van der Waals surface area (Å²) in [5, 5.41) is 0.324. The molecule has 6 rings (SSSR count). The Morgan fingerprint density at radius 2 is 1.70 bits per heavy atom. The van der Waals surface area contributed by atoms with Crippen LogP contribution >= 0.6 is 11.3 Å². The molecule has 0 N–H and O–H groups in total. The van der Waals surface area contributed by atoms with Crippen LogP contribution in [0.3, 0.4) is 0 Å². The molecule has 2 aliphatic heterocycles. The second kappa shape index (κ2) is 12.5. The molecule has 4 aromatic rings. The fraction of sp³-hybridized carbons (Fsp3) is 0.343. The highest BCUT2D eigenvalue weighted by Crippen LogP contribution is 2.37. The summed E-state index contributed by atoms with van der Waals surface area (Å²) >= 11 is 1.17. The zero-order valence-corrected chi connectivity index (χ0v) is 27.3. The Kier molecular flexibility index (Phi) is 8.56. The minimum atomic E-state index is -1.07. The van der Waals surface area contributed by atoms with Gasteiger partial charge in [-0.05, 0) is 51.0 Å². The van der Waals surface area contributed by atoms with Gasteiger partial charge in [0.05, 0.1) is 35.4 Å². The summed E-state index contributed by atoms with van der Waals surface area (Å²) in [6.07, 6.45) is 4.66. The van der Waals surface area contributed by atoms with E-state index >= 15 is 0 Å². The number of nitrogens with zero attached hydrogens (tertiary/aromatic N) is 4. The molecule has 9 nitrogen and oxygen atoms in total. The van der Waals surface area contributed by atoms with E-state index < -0.39 is 40.3 Å². The van der Waals surface area contributed by atoms with Crippen molar-refractivity contribution in [1.29, 1.82) is 0 Å². The number of unbranched alkanes of at least 4 members (excludes halogenated alkanes) is 1. The first kappa shape index (κ1) is 32.2. The van der Waals surface area contributed by atoms with Crippen LogP contribution in [0.5, 0.6) is 5.75 Å². The van der Waals surface area contributed by atoms with Crippen molar-refractivity contribution in [3.8, 4) is 16.3 Å². The number of fused-ring (bicyclic) bond motifs is 2. The number of hydrogen-bond acceptors (Lipinski definition) is 7. The Balaban J connectivity index is 1.48. The van der Waals surface area contributed by atoms with Crippen LogP contribution in [0.1, 0.15) is 82.2 Å². The van der Waals surface area contributed by atoms with E-state index in [-0.39, 0.29) is 54.7 Å². The Morgan fingerprint density at radius 3 is 2.34 bits per heavy atom. The molecule has 12 heteroatoms. The smallest absolute Gasteiger partial charge is 0.274 e. The number of benzene rings is 2. The minimum absolute atomic E-state index is 0.0408. The third kappa shape index (κ3) is 5.75. The van der Waals surface area contributed by atoms with Gasteiger partial charge in [0.15, 0.2) is 11.4 Å². The van der Waals surface area contributed by atoms with Gasteiger partial charge in [0.25, 0.3) is 17.7 Å². The normalized spacial score (nSPS) is 17.5. The summed E-state index contributed by atoms with van der Waals surface area (Å²) < 4.78 is 35.6. The highest BCUT2D eigenvalue weighted by Gasteiger charge is 2.47. The summed E-state index contributed by atoms with van der Waals surface area (Å²) in [5.74, 6) is -2.75. The van der Waals surface area contributed by atoms with E-state index in [1.54, 1.807) is 39.9 Å². The van der Waals surface area contributed by atoms with Crippen LogP contribution in [0, 0.1) is 11.6 Å². The topological polar surface area (TPSA) is 102 Å². The number of hydrogen-bond donors (Lipinski definition) is 0. The lowest BCUT2D eigenvalue weighted by atomic mass is 9.93. The first-order valence-electron chi connectivity index (χ1n) is 15.5. The molecule has 3 amide bonds. The van der Waals surface area contributed by atoms with Gasteiger partial charge in [-0.3, -0.25) is 24.1 Å². The van der Waals surface area contributed by atoms with E-state index in [9.17, 15) is 28.0 Å². The highest BCUT2D eigenvalue weighted by atomic mass is 32.1. The van der Waals surface area contributed by atoms with Gasteiger partial charge in [0.1, 0.15) is 16.6 Å². The lowest BCUT2D eigenvalue weighted by Gasteiger charge is -2.46. The predicted octanol–water partition coefficient (Wildman–Crippen LogP) is 5.90. The second-order valence-corrected chi connectivity index (χ2v) is 13.5. The number of aromatic nitrogens is 2. The molecule has 1 unspecified atom stereocenters. The zero-order chi connectivity index (χ0) is 33.6. The summed E-state index contributed by atoms with van der Waals surface area (Å²) in [4.78, 5) is 63.1. The van der Waals surface area contributed by atoms with Gasteiger partial charge in [0.2, 0.25) is 5.43 Å². The van der Waals surface area contributed by atoms with Crippen LogP contribution in [0.4, 0.5) is 8.78 Å². The summed E-state index contributed by atoms with van der Waals surface area (Å²) in [5.41, 5.74) is -0.487. The van der Waals surface area contributed by atoms with Crippen LogP contribution in [0.2, 0.25) is 0 Å². The van der Waals surface area contributed by atoms with Gasteiger partial charge in [0, 0.05) is 42.3 Å². The molecule has 0 spiro atoms. The van der Waals surface area contributed by atoms with Crippen molar-refractivity contribution in [1.82, 2.24) is 19.4 Å². The van der Waals surface area contributed by atoms with E-state index in [0.717, 1.165) is 12.5 Å². The van der Waals surface area contributed by atoms with Gasteiger partial charge in [-0.15, -0.1) is 11.3 Å². The average molecular weight is 661 g/mol. The van der Waals surface area contributed by atoms with Crippen molar-refractivity contribution in [3.05, 3.63) is 104 Å². The fourth-order valence-corrected chi connectivity index (χ4v) is 7.05. The van der Waals surface area contributed by atoms with Gasteiger partial charge < -0.3 is 14.2 Å². The number of pyridine rings is 1. The quantitative estimate of drug-likeness (QED) is 0.155. The first-order valence-corrected chi connectivity index (χ1v) is 16.3. The molecule has 0 aliphatic carbocycles. The van der Waals surface area contributed by atoms with Crippen LogP contribution in [-0.4, -0.2) is 62.8 Å². The lowest BCUT2D eigenvalue weighted by Crippen LogP contribution is -2.59. The maximum absolute atomic E-state index is 14.4. The number of imide groups is 1. The maximum atomic E-state index is 14.4. The van der Waals surface area contributed by atoms with E-state index in [4.69, 9.17) is 4.74 Å². The highest BCUT2D eigenvalue weighted by molar-refractivity contribution is 7.15. The molecule has 1 atom stereocenters. The minimum Gasteiger partial charge on any atom is -0.487 e. The number of thiazole rings is 1. The number of carbonyl (C=O) groups excluding carboxylic acids is 3. The molecule has 0 saturated heterocycles. The summed E-state index contributed by atoms with van der Waals surface area (Å²) in [6, 6.07) is 9.74. The van der Waals surface area contributed by atoms with E-state index in [2.05, 4.69) is 4.98 Å². The molecular formula is C35H34F2N4O5S. The maximum Gasteiger partial charge on any atom is 0.274 e. The first-order chi connectivity index (χ1) is 22.4. The largest absolute Gasteiger partial charge is 0.487 e. The summed E-state index contributed by atoms with van der Waals surface area (Å²) in [6.45, 7) is 7.81. The van der Waals surface area contributed by atoms with E-state index in [1.165, 1.54) is 34.6 Å². The fourth-order valence-electron chi connectivity index (χ4n) is 6.11. The van der Waals surface area contributed by atoms with Crippen molar-refractivity contribution in [2.45, 2.75) is 58.5 Å². The summed E-state index contributed by atoms with van der Waals surface area (Å²) in [7, 11) is 0. The van der Waals surface area contributed by atoms with Crippen molar-refractivity contribution >= 4 is 29.1 Å². The zero-order valence-electron chi connectivity index (χ0n) is 26.5. The standard InChI is InChI=1S/C35H34F2N4O5S/c1-5-6-13-46-30-28-34(45)39(20(2)3)18-35(4,19-40-32(43)24-9-7-8-10-25(24)33(40)44)41(28)17-26(29(30)42)31-38-16-23(47-31)14-21-11-12-22(36)15-27(21)37/h7-12,15-17,20H,5-6,13-14,18-19H2,1-4H3. The van der Waals surface area contributed by atoms with Crippen LogP contribution in [0.25, 0.3) is 10.6 Å². The number of ether oxygens (including phenoxy) is 1. The molecule has 0 saturated carbocycles. The predicted molar refractivity (Wildman–Crippen MR) is 173 cm³/mol. The third-order valence-corrected chi connectivity index (χ3v) is 9.66. The van der Waals surface area contributed by atoms with Crippen LogP contribution in [-0.2, 0) is 12.0 Å². The van der Waals surface area contributed by atoms with Crippen molar-refractivity contribution < 1.29 is 27.9 Å². The molecule has 2 aromatic carbocycles. The Morgan fingerprint density at radius 1 is 1.00 bits per heavy atom. The number of rotatable bonds is 10. The number of carbonyl (C=O) groups is 3. The van der Waals surface area contributed by atoms with Crippen LogP contribution < -0.4 is 10.2 Å². The Bertz CT molecular complexity index is 1940. The lowest BCUT2D eigenvalue weighted by molar-refractivity contribution is 0.0372. The van der Waals surface area contributed by atoms with Gasteiger partial charge in [-0.1, -0.05) is 31.5 Å². The molecular weight excluding hydrogens is 626 g/mol. The molecule has 4 heterocycles.